The zero-order chi connectivity index (χ0) is 13.0. The third kappa shape index (κ3) is 1.65. The van der Waals surface area contributed by atoms with Crippen molar-refractivity contribution in [3.05, 3.63) is 69.6 Å². The molecule has 2 heterocycles. The molecule has 2 aliphatic carbocycles. The van der Waals surface area contributed by atoms with Gasteiger partial charge in [0.1, 0.15) is 17.0 Å². The quantitative estimate of drug-likeness (QED) is 0.652. The largest absolute Gasteiger partial charge is 0.479 e. The summed E-state index contributed by atoms with van der Waals surface area (Å²) in [6.07, 6.45) is 14.1. The molecule has 0 N–H and O–H groups in total. The number of ether oxygens (including phenoxy) is 1. The minimum atomic E-state index is -0.0304. The second-order valence-electron chi connectivity index (χ2n) is 4.67. The molecule has 4 aliphatic rings. The van der Waals surface area contributed by atoms with Gasteiger partial charge in [-0.1, -0.05) is 57.9 Å². The molecule has 0 amide bonds. The Morgan fingerprint density at radius 1 is 1.16 bits per heavy atom. The minimum Gasteiger partial charge on any atom is -0.479 e. The summed E-state index contributed by atoms with van der Waals surface area (Å²) in [5.41, 5.74) is 3.04. The SMILES string of the molecule is ClC1=NC2=C3C=CC=CC3OC2=C2C=CC(Br)=CC12. The number of dihydropyridines is 1. The summed E-state index contributed by atoms with van der Waals surface area (Å²) in [6.45, 7) is 0. The Kier molecular flexibility index (Phi) is 2.47. The van der Waals surface area contributed by atoms with E-state index in [0.717, 1.165) is 27.1 Å². The fraction of sp³-hybridized carbons (Fsp3) is 0.133. The molecule has 0 bridgehead atoms. The van der Waals surface area contributed by atoms with E-state index in [1.54, 1.807) is 0 Å². The van der Waals surface area contributed by atoms with Crippen molar-refractivity contribution >= 4 is 32.7 Å². The van der Waals surface area contributed by atoms with Gasteiger partial charge in [-0.25, -0.2) is 4.99 Å². The van der Waals surface area contributed by atoms with Gasteiger partial charge in [0.25, 0.3) is 0 Å². The van der Waals surface area contributed by atoms with E-state index in [2.05, 4.69) is 20.9 Å². The third-order valence-electron chi connectivity index (χ3n) is 3.53. The monoisotopic (exact) mass is 333 g/mol. The number of allylic oxidation sites excluding steroid dienone is 7. The van der Waals surface area contributed by atoms with Gasteiger partial charge in [0, 0.05) is 15.6 Å². The molecule has 4 rings (SSSR count). The minimum absolute atomic E-state index is 0.00601. The van der Waals surface area contributed by atoms with E-state index in [4.69, 9.17) is 16.3 Å². The lowest BCUT2D eigenvalue weighted by molar-refractivity contribution is 0.209. The highest BCUT2D eigenvalue weighted by Gasteiger charge is 2.37. The molecule has 2 atom stereocenters. The number of aliphatic imine (C=N–C) groups is 1. The number of hydrogen-bond donors (Lipinski definition) is 0. The fourth-order valence-electron chi connectivity index (χ4n) is 2.64. The van der Waals surface area contributed by atoms with Gasteiger partial charge >= 0.3 is 0 Å². The van der Waals surface area contributed by atoms with Crippen molar-refractivity contribution < 1.29 is 4.74 Å². The van der Waals surface area contributed by atoms with Crippen molar-refractivity contribution in [1.82, 2.24) is 0 Å². The van der Waals surface area contributed by atoms with Gasteiger partial charge in [-0.3, -0.25) is 0 Å². The Hall–Kier alpha value is -1.32. The zero-order valence-electron chi connectivity index (χ0n) is 9.81. The Morgan fingerprint density at radius 2 is 2.05 bits per heavy atom. The van der Waals surface area contributed by atoms with Gasteiger partial charge in [-0.2, -0.15) is 0 Å². The molecular formula is C15H9BrClNO. The maximum atomic E-state index is 6.34. The summed E-state index contributed by atoms with van der Waals surface area (Å²) in [4.78, 5) is 4.54. The average Bonchev–Trinajstić information content (AvgIpc) is 2.78. The van der Waals surface area contributed by atoms with Crippen LogP contribution in [0.4, 0.5) is 0 Å². The Labute approximate surface area is 124 Å². The van der Waals surface area contributed by atoms with Crippen molar-refractivity contribution in [2.45, 2.75) is 6.10 Å². The first-order chi connectivity index (χ1) is 9.24. The van der Waals surface area contributed by atoms with E-state index < -0.39 is 0 Å². The van der Waals surface area contributed by atoms with Crippen molar-refractivity contribution in [2.24, 2.45) is 10.9 Å². The van der Waals surface area contributed by atoms with E-state index >= 15 is 0 Å². The second-order valence-corrected chi connectivity index (χ2v) is 5.97. The predicted octanol–water partition coefficient (Wildman–Crippen LogP) is 4.14. The maximum Gasteiger partial charge on any atom is 0.151 e. The molecule has 2 unspecified atom stereocenters. The summed E-state index contributed by atoms with van der Waals surface area (Å²) < 4.78 is 7.04. The van der Waals surface area contributed by atoms with Crippen LogP contribution in [0.15, 0.2) is 74.6 Å². The van der Waals surface area contributed by atoms with Crippen LogP contribution in [0.1, 0.15) is 0 Å². The van der Waals surface area contributed by atoms with Crippen LogP contribution in [0.25, 0.3) is 0 Å². The van der Waals surface area contributed by atoms with Crippen molar-refractivity contribution in [3.63, 3.8) is 0 Å². The summed E-state index contributed by atoms with van der Waals surface area (Å²) in [6, 6.07) is 0. The molecular weight excluding hydrogens is 326 g/mol. The molecule has 19 heavy (non-hydrogen) atoms. The molecule has 0 aromatic rings. The van der Waals surface area contributed by atoms with E-state index in [1.165, 1.54) is 0 Å². The fourth-order valence-corrected chi connectivity index (χ4v) is 3.30. The number of halogens is 2. The van der Waals surface area contributed by atoms with Gasteiger partial charge in [0.2, 0.25) is 0 Å². The van der Waals surface area contributed by atoms with E-state index in [1.807, 2.05) is 42.5 Å². The maximum absolute atomic E-state index is 6.34. The molecule has 0 saturated carbocycles. The van der Waals surface area contributed by atoms with Crippen LogP contribution in [0.3, 0.4) is 0 Å². The first-order valence-electron chi connectivity index (χ1n) is 6.04. The summed E-state index contributed by atoms with van der Waals surface area (Å²) in [7, 11) is 0. The van der Waals surface area contributed by atoms with Gasteiger partial charge in [0.05, 0.1) is 5.92 Å². The van der Waals surface area contributed by atoms with E-state index in [9.17, 15) is 0 Å². The first kappa shape index (κ1) is 11.5. The van der Waals surface area contributed by atoms with Crippen LogP contribution in [0.2, 0.25) is 0 Å². The highest BCUT2D eigenvalue weighted by molar-refractivity contribution is 9.11. The van der Waals surface area contributed by atoms with Crippen LogP contribution in [-0.4, -0.2) is 11.3 Å². The van der Waals surface area contributed by atoms with Crippen molar-refractivity contribution in [1.29, 1.82) is 0 Å². The molecule has 2 nitrogen and oxygen atoms in total. The van der Waals surface area contributed by atoms with Gasteiger partial charge in [-0.15, -0.1) is 0 Å². The average molecular weight is 335 g/mol. The summed E-state index contributed by atoms with van der Waals surface area (Å²) in [5, 5.41) is 0.592. The highest BCUT2D eigenvalue weighted by Crippen LogP contribution is 2.44. The van der Waals surface area contributed by atoms with Gasteiger partial charge in [-0.05, 0) is 12.2 Å². The van der Waals surface area contributed by atoms with Crippen LogP contribution in [-0.2, 0) is 4.74 Å². The third-order valence-corrected chi connectivity index (χ3v) is 4.38. The molecule has 94 valence electrons. The second kappa shape index (κ2) is 4.09. The highest BCUT2D eigenvalue weighted by atomic mass is 79.9. The lowest BCUT2D eigenvalue weighted by Gasteiger charge is -2.23. The number of fused-ring (bicyclic) bond motifs is 3. The molecule has 4 heteroatoms. The van der Waals surface area contributed by atoms with Crippen molar-refractivity contribution in [2.75, 3.05) is 0 Å². The van der Waals surface area contributed by atoms with Gasteiger partial charge in [0.15, 0.2) is 5.76 Å². The summed E-state index contributed by atoms with van der Waals surface area (Å²) >= 11 is 9.81. The molecule has 0 radical (unpaired) electrons. The zero-order valence-corrected chi connectivity index (χ0v) is 12.1. The van der Waals surface area contributed by atoms with Crippen LogP contribution in [0.5, 0.6) is 0 Å². The Bertz CT molecular complexity index is 691. The molecule has 2 aliphatic heterocycles. The number of rotatable bonds is 0. The normalized spacial score (nSPS) is 30.6. The van der Waals surface area contributed by atoms with Crippen LogP contribution < -0.4 is 0 Å². The first-order valence-corrected chi connectivity index (χ1v) is 7.21. The lowest BCUT2D eigenvalue weighted by atomic mass is 9.91. The lowest BCUT2D eigenvalue weighted by Crippen LogP contribution is -2.18. The molecule has 0 aromatic carbocycles. The van der Waals surface area contributed by atoms with Crippen molar-refractivity contribution in [3.8, 4) is 0 Å². The number of hydrogen-bond acceptors (Lipinski definition) is 2. The predicted molar refractivity (Wildman–Crippen MR) is 80.1 cm³/mol. The van der Waals surface area contributed by atoms with Crippen LogP contribution >= 0.6 is 27.5 Å². The topological polar surface area (TPSA) is 21.6 Å². The van der Waals surface area contributed by atoms with E-state index in [0.29, 0.717) is 5.17 Å². The van der Waals surface area contributed by atoms with Crippen LogP contribution in [0, 0.1) is 5.92 Å². The molecule has 0 fully saturated rings. The molecule has 0 saturated heterocycles. The molecule has 0 aromatic heterocycles. The van der Waals surface area contributed by atoms with Gasteiger partial charge < -0.3 is 4.74 Å². The Balaban J connectivity index is 1.92. The van der Waals surface area contributed by atoms with E-state index in [-0.39, 0.29) is 12.0 Å². The Morgan fingerprint density at radius 3 is 2.95 bits per heavy atom. The summed E-state index contributed by atoms with van der Waals surface area (Å²) in [5.74, 6) is 0.853. The number of nitrogens with zero attached hydrogens (tertiary/aromatic N) is 1. The molecule has 0 spiro atoms. The smallest absolute Gasteiger partial charge is 0.151 e. The standard InChI is InChI=1S/C15H9BrClNO/c16-8-5-6-9-11(7-8)15(17)18-13-10-3-1-2-4-12(10)19-14(9)13/h1-7,11-12H.